The molecule has 0 radical (unpaired) electrons. The lowest BCUT2D eigenvalue weighted by molar-refractivity contribution is -0.124. The number of tetrazole rings is 1. The first-order chi connectivity index (χ1) is 14.3. The quantitative estimate of drug-likeness (QED) is 0.529. The van der Waals surface area contributed by atoms with Gasteiger partial charge in [-0.25, -0.2) is 9.07 Å². The molecular formula is C19H17BrF3N5O2. The number of nitrogens with zero attached hydrogens (tertiary/aromatic N) is 4. The van der Waals surface area contributed by atoms with Crippen LogP contribution in [0.3, 0.4) is 0 Å². The van der Waals surface area contributed by atoms with E-state index in [1.54, 1.807) is 31.2 Å². The van der Waals surface area contributed by atoms with Crippen LogP contribution in [0.2, 0.25) is 0 Å². The second-order valence-electron chi connectivity index (χ2n) is 6.37. The van der Waals surface area contributed by atoms with Gasteiger partial charge >= 0.3 is 6.61 Å². The Hall–Kier alpha value is -2.95. The van der Waals surface area contributed by atoms with Gasteiger partial charge in [0, 0.05) is 23.0 Å². The number of alkyl halides is 2. The summed E-state index contributed by atoms with van der Waals surface area (Å²) >= 11 is 3.27. The summed E-state index contributed by atoms with van der Waals surface area (Å²) in [6, 6.07) is 9.50. The maximum Gasteiger partial charge on any atom is 0.387 e. The van der Waals surface area contributed by atoms with E-state index in [9.17, 15) is 18.0 Å². The Morgan fingerprint density at radius 3 is 2.73 bits per heavy atom. The van der Waals surface area contributed by atoms with Gasteiger partial charge in [-0.15, -0.1) is 5.10 Å². The van der Waals surface area contributed by atoms with Crippen molar-refractivity contribution in [1.82, 2.24) is 25.5 Å². The summed E-state index contributed by atoms with van der Waals surface area (Å²) in [6.07, 6.45) is 0.133. The highest BCUT2D eigenvalue weighted by Gasteiger charge is 2.25. The van der Waals surface area contributed by atoms with Crippen molar-refractivity contribution in [2.75, 3.05) is 0 Å². The molecule has 2 aromatic carbocycles. The van der Waals surface area contributed by atoms with Crippen molar-refractivity contribution < 1.29 is 22.7 Å². The zero-order valence-corrected chi connectivity index (χ0v) is 17.3. The molecule has 0 bridgehead atoms. The molecular weight excluding hydrogens is 467 g/mol. The molecule has 1 N–H and O–H groups in total. The topological polar surface area (TPSA) is 81.9 Å². The molecule has 1 unspecified atom stereocenters. The summed E-state index contributed by atoms with van der Waals surface area (Å²) in [5.74, 6) is -0.537. The molecule has 3 rings (SSSR count). The summed E-state index contributed by atoms with van der Waals surface area (Å²) in [6.45, 7) is -1.43. The highest BCUT2D eigenvalue weighted by atomic mass is 79.9. The molecule has 11 heteroatoms. The number of rotatable bonds is 8. The lowest BCUT2D eigenvalue weighted by Crippen LogP contribution is -2.34. The predicted octanol–water partition coefficient (Wildman–Crippen LogP) is 3.58. The first-order valence-corrected chi connectivity index (χ1v) is 9.62. The fourth-order valence-electron chi connectivity index (χ4n) is 2.90. The van der Waals surface area contributed by atoms with E-state index in [-0.39, 0.29) is 18.7 Å². The predicted molar refractivity (Wildman–Crippen MR) is 104 cm³/mol. The zero-order chi connectivity index (χ0) is 21.7. The molecule has 1 atom stereocenters. The first-order valence-electron chi connectivity index (χ1n) is 8.83. The van der Waals surface area contributed by atoms with E-state index >= 15 is 0 Å². The van der Waals surface area contributed by atoms with Crippen LogP contribution in [-0.4, -0.2) is 32.7 Å². The Kier molecular flexibility index (Phi) is 7.03. The number of amides is 1. The number of halogens is 4. The highest BCUT2D eigenvalue weighted by molar-refractivity contribution is 9.10. The van der Waals surface area contributed by atoms with Gasteiger partial charge in [-0.05, 0) is 53.2 Å². The third kappa shape index (κ3) is 5.56. The third-order valence-corrected chi connectivity index (χ3v) is 4.76. The van der Waals surface area contributed by atoms with Gasteiger partial charge in [-0.3, -0.25) is 4.79 Å². The fourth-order valence-corrected chi connectivity index (χ4v) is 3.31. The number of benzene rings is 2. The minimum Gasteiger partial charge on any atom is -0.434 e. The number of carbonyl (C=O) groups excluding carboxylic acids is 1. The molecule has 158 valence electrons. The van der Waals surface area contributed by atoms with Crippen LogP contribution in [0.1, 0.15) is 23.0 Å². The molecule has 0 fully saturated rings. The molecule has 1 heterocycles. The molecule has 1 amide bonds. The number of nitrogens with one attached hydrogen (secondary N) is 1. The van der Waals surface area contributed by atoms with E-state index in [4.69, 9.17) is 0 Å². The van der Waals surface area contributed by atoms with E-state index in [1.165, 1.54) is 22.9 Å². The Morgan fingerprint density at radius 2 is 2.07 bits per heavy atom. The second-order valence-corrected chi connectivity index (χ2v) is 7.28. The Balaban J connectivity index is 1.81. The summed E-state index contributed by atoms with van der Waals surface area (Å²) < 4.78 is 45.4. The lowest BCUT2D eigenvalue weighted by atomic mass is 10.0. The first kappa shape index (κ1) is 21.8. The van der Waals surface area contributed by atoms with Crippen molar-refractivity contribution in [2.45, 2.75) is 32.5 Å². The van der Waals surface area contributed by atoms with E-state index in [0.717, 1.165) is 0 Å². The Labute approximate surface area is 178 Å². The number of carbonyl (C=O) groups is 1. The molecule has 0 aliphatic carbocycles. The van der Waals surface area contributed by atoms with Gasteiger partial charge in [0.1, 0.15) is 23.4 Å². The molecule has 0 aliphatic heterocycles. The van der Waals surface area contributed by atoms with Gasteiger partial charge in [0.25, 0.3) is 0 Å². The maximum atomic E-state index is 13.6. The number of aromatic nitrogens is 4. The minimum absolute atomic E-state index is 0.0474. The average Bonchev–Trinajstić information content (AvgIpc) is 3.11. The van der Waals surface area contributed by atoms with Crippen molar-refractivity contribution in [3.05, 3.63) is 69.7 Å². The molecule has 0 saturated carbocycles. The molecule has 1 aromatic heterocycles. The van der Waals surface area contributed by atoms with Crippen molar-refractivity contribution in [3.8, 4) is 5.75 Å². The van der Waals surface area contributed by atoms with Gasteiger partial charge < -0.3 is 10.1 Å². The molecule has 7 nitrogen and oxygen atoms in total. The highest BCUT2D eigenvalue weighted by Crippen LogP contribution is 2.25. The zero-order valence-electron chi connectivity index (χ0n) is 15.7. The summed E-state index contributed by atoms with van der Waals surface area (Å²) in [5, 5.41) is 13.9. The average molecular weight is 484 g/mol. The SMILES string of the molecule is Cc1nnnn1C(Cc1cccc(F)c1)C(=O)NCc1cc(Br)ccc1OC(F)F. The third-order valence-electron chi connectivity index (χ3n) is 4.26. The molecule has 0 aliphatic rings. The van der Waals surface area contributed by atoms with Gasteiger partial charge in [0.05, 0.1) is 0 Å². The Morgan fingerprint density at radius 1 is 1.27 bits per heavy atom. The fraction of sp³-hybridized carbons (Fsp3) is 0.263. The van der Waals surface area contributed by atoms with E-state index in [1.807, 2.05) is 0 Å². The van der Waals surface area contributed by atoms with Gasteiger partial charge in [0.2, 0.25) is 5.91 Å². The second kappa shape index (κ2) is 9.70. The van der Waals surface area contributed by atoms with Gasteiger partial charge in [-0.1, -0.05) is 28.1 Å². The van der Waals surface area contributed by atoms with Crippen LogP contribution in [0.15, 0.2) is 46.9 Å². The lowest BCUT2D eigenvalue weighted by Gasteiger charge is -2.18. The number of hydrogen-bond acceptors (Lipinski definition) is 5. The van der Waals surface area contributed by atoms with E-state index in [0.29, 0.717) is 21.4 Å². The summed E-state index contributed by atoms with van der Waals surface area (Å²) in [5.41, 5.74) is 0.935. The van der Waals surface area contributed by atoms with Crippen LogP contribution in [0.4, 0.5) is 13.2 Å². The van der Waals surface area contributed by atoms with E-state index < -0.39 is 24.4 Å². The van der Waals surface area contributed by atoms with Crippen LogP contribution in [0.5, 0.6) is 5.75 Å². The largest absolute Gasteiger partial charge is 0.434 e. The van der Waals surface area contributed by atoms with Crippen molar-refractivity contribution >= 4 is 21.8 Å². The Bertz CT molecular complexity index is 1030. The van der Waals surface area contributed by atoms with Crippen LogP contribution in [0, 0.1) is 12.7 Å². The van der Waals surface area contributed by atoms with Crippen LogP contribution < -0.4 is 10.1 Å². The normalized spacial score (nSPS) is 12.1. The van der Waals surface area contributed by atoms with Gasteiger partial charge in [0.15, 0.2) is 0 Å². The standard InChI is InChI=1S/C19H17BrF3N5O2/c1-11-25-26-27-28(11)16(8-12-3-2-4-15(21)7-12)18(29)24-10-13-9-14(20)5-6-17(13)30-19(22)23/h2-7,9,16,19H,8,10H2,1H3,(H,24,29). The molecule has 0 saturated heterocycles. The molecule has 0 spiro atoms. The van der Waals surface area contributed by atoms with Crippen LogP contribution in [-0.2, 0) is 17.8 Å². The number of aryl methyl sites for hydroxylation is 1. The van der Waals surface area contributed by atoms with Gasteiger partial charge in [-0.2, -0.15) is 8.78 Å². The number of ether oxygens (including phenoxy) is 1. The summed E-state index contributed by atoms with van der Waals surface area (Å²) in [7, 11) is 0. The van der Waals surface area contributed by atoms with Crippen molar-refractivity contribution in [1.29, 1.82) is 0 Å². The summed E-state index contributed by atoms with van der Waals surface area (Å²) in [4.78, 5) is 13.0. The van der Waals surface area contributed by atoms with Crippen molar-refractivity contribution in [2.24, 2.45) is 0 Å². The number of hydrogen-bond donors (Lipinski definition) is 1. The molecule has 30 heavy (non-hydrogen) atoms. The smallest absolute Gasteiger partial charge is 0.387 e. The maximum absolute atomic E-state index is 13.6. The van der Waals surface area contributed by atoms with Crippen LogP contribution in [0.25, 0.3) is 0 Å². The van der Waals surface area contributed by atoms with Crippen molar-refractivity contribution in [3.63, 3.8) is 0 Å². The molecule has 3 aromatic rings. The van der Waals surface area contributed by atoms with E-state index in [2.05, 4.69) is 41.5 Å². The monoisotopic (exact) mass is 483 g/mol. The van der Waals surface area contributed by atoms with Crippen LogP contribution >= 0.6 is 15.9 Å². The minimum atomic E-state index is -3.00.